The number of carboxylic acids is 1. The smallest absolute Gasteiger partial charge is 0.304 e. The number of rotatable bonds is 6. The first-order chi connectivity index (χ1) is 8.31. The van der Waals surface area contributed by atoms with Gasteiger partial charge in [0.05, 0.1) is 12.2 Å². The van der Waals surface area contributed by atoms with Gasteiger partial charge in [0, 0.05) is 19.5 Å². The predicted molar refractivity (Wildman–Crippen MR) is 64.1 cm³/mol. The molecule has 0 aromatic carbocycles. The summed E-state index contributed by atoms with van der Waals surface area (Å²) < 4.78 is 24.9. The lowest BCUT2D eigenvalue weighted by Crippen LogP contribution is -2.40. The molecular weight excluding hydrogens is 260 g/mol. The molecule has 0 aliphatic carbocycles. The molecule has 0 unspecified atom stereocenters. The standard InChI is InChI=1S/C10H18N2O5S/c11-9(13)7-8-1-4-12(5-2-8)18(16,17)6-3-10(14)15/h8H,1-7H2,(H2,11,13)(H,14,15). The Bertz CT molecular complexity index is 412. The van der Waals surface area contributed by atoms with Crippen LogP contribution in [0.1, 0.15) is 25.7 Å². The predicted octanol–water partition coefficient (Wildman–Crippen LogP) is -0.622. The van der Waals surface area contributed by atoms with Crippen LogP contribution in [0.15, 0.2) is 0 Å². The van der Waals surface area contributed by atoms with Crippen LogP contribution in [0.2, 0.25) is 0 Å². The van der Waals surface area contributed by atoms with E-state index in [1.165, 1.54) is 4.31 Å². The molecule has 0 bridgehead atoms. The number of amides is 1. The van der Waals surface area contributed by atoms with Gasteiger partial charge in [-0.1, -0.05) is 0 Å². The van der Waals surface area contributed by atoms with Gasteiger partial charge in [-0.05, 0) is 18.8 Å². The monoisotopic (exact) mass is 278 g/mol. The third kappa shape index (κ3) is 4.61. The maximum Gasteiger partial charge on any atom is 0.304 e. The first-order valence-corrected chi connectivity index (χ1v) is 7.40. The molecule has 0 atom stereocenters. The van der Waals surface area contributed by atoms with E-state index in [9.17, 15) is 18.0 Å². The molecule has 0 aromatic rings. The number of aliphatic carboxylic acids is 1. The van der Waals surface area contributed by atoms with Crippen LogP contribution >= 0.6 is 0 Å². The average Bonchev–Trinajstić information content (AvgIpc) is 2.26. The highest BCUT2D eigenvalue weighted by Crippen LogP contribution is 2.22. The third-order valence-corrected chi connectivity index (χ3v) is 4.90. The lowest BCUT2D eigenvalue weighted by molar-refractivity contribution is -0.136. The number of carbonyl (C=O) groups is 2. The zero-order chi connectivity index (χ0) is 13.8. The van der Waals surface area contributed by atoms with E-state index in [-0.39, 0.29) is 30.4 Å². The lowest BCUT2D eigenvalue weighted by atomic mass is 9.94. The van der Waals surface area contributed by atoms with Gasteiger partial charge in [-0.25, -0.2) is 12.7 Å². The van der Waals surface area contributed by atoms with Gasteiger partial charge in [0.15, 0.2) is 0 Å². The van der Waals surface area contributed by atoms with E-state index < -0.39 is 16.0 Å². The maximum atomic E-state index is 11.8. The molecule has 1 rings (SSSR count). The van der Waals surface area contributed by atoms with Crippen molar-refractivity contribution in [3.63, 3.8) is 0 Å². The van der Waals surface area contributed by atoms with Crippen molar-refractivity contribution in [3.05, 3.63) is 0 Å². The molecule has 1 aliphatic rings. The van der Waals surface area contributed by atoms with Gasteiger partial charge >= 0.3 is 5.97 Å². The number of primary amides is 1. The van der Waals surface area contributed by atoms with E-state index in [1.54, 1.807) is 0 Å². The third-order valence-electron chi connectivity index (χ3n) is 3.03. The average molecular weight is 278 g/mol. The lowest BCUT2D eigenvalue weighted by Gasteiger charge is -2.30. The maximum absolute atomic E-state index is 11.8. The Kier molecular flexibility index (Phi) is 5.09. The minimum atomic E-state index is -3.49. The second-order valence-electron chi connectivity index (χ2n) is 4.47. The van der Waals surface area contributed by atoms with Crippen molar-refractivity contribution >= 4 is 21.9 Å². The van der Waals surface area contributed by atoms with Crippen LogP contribution in [0.4, 0.5) is 0 Å². The van der Waals surface area contributed by atoms with Crippen molar-refractivity contribution < 1.29 is 23.1 Å². The number of nitrogens with zero attached hydrogens (tertiary/aromatic N) is 1. The van der Waals surface area contributed by atoms with Crippen LogP contribution in [0.5, 0.6) is 0 Å². The number of piperidine rings is 1. The summed E-state index contributed by atoms with van der Waals surface area (Å²) in [6, 6.07) is 0. The minimum absolute atomic E-state index is 0.133. The molecule has 1 aliphatic heterocycles. The Morgan fingerprint density at radius 2 is 1.83 bits per heavy atom. The molecule has 7 nitrogen and oxygen atoms in total. The topological polar surface area (TPSA) is 118 Å². The number of nitrogens with two attached hydrogens (primary N) is 1. The molecular formula is C10H18N2O5S. The van der Waals surface area contributed by atoms with Crippen LogP contribution in [0.3, 0.4) is 0 Å². The fourth-order valence-electron chi connectivity index (χ4n) is 2.02. The molecule has 8 heteroatoms. The summed E-state index contributed by atoms with van der Waals surface area (Å²) in [5.74, 6) is -1.74. The van der Waals surface area contributed by atoms with Gasteiger partial charge in [0.25, 0.3) is 0 Å². The fourth-order valence-corrected chi connectivity index (χ4v) is 3.48. The van der Waals surface area contributed by atoms with Crippen LogP contribution < -0.4 is 5.73 Å². The number of hydrogen-bond donors (Lipinski definition) is 2. The van der Waals surface area contributed by atoms with Crippen molar-refractivity contribution in [2.24, 2.45) is 11.7 Å². The molecule has 0 saturated carbocycles. The molecule has 104 valence electrons. The highest BCUT2D eigenvalue weighted by molar-refractivity contribution is 7.89. The van der Waals surface area contributed by atoms with Gasteiger partial charge in [-0.2, -0.15) is 0 Å². The van der Waals surface area contributed by atoms with Crippen LogP contribution in [0, 0.1) is 5.92 Å². The van der Waals surface area contributed by atoms with Crippen LogP contribution in [-0.2, 0) is 19.6 Å². The van der Waals surface area contributed by atoms with Crippen molar-refractivity contribution in [2.45, 2.75) is 25.7 Å². The molecule has 1 amide bonds. The van der Waals surface area contributed by atoms with Gasteiger partial charge < -0.3 is 10.8 Å². The summed E-state index contributed by atoms with van der Waals surface area (Å²) >= 11 is 0. The Morgan fingerprint density at radius 1 is 1.28 bits per heavy atom. The summed E-state index contributed by atoms with van der Waals surface area (Å²) in [4.78, 5) is 21.1. The molecule has 3 N–H and O–H groups in total. The van der Waals surface area contributed by atoms with E-state index in [1.807, 2.05) is 0 Å². The Hall–Kier alpha value is -1.15. The van der Waals surface area contributed by atoms with Gasteiger partial charge in [0.2, 0.25) is 15.9 Å². The van der Waals surface area contributed by atoms with Crippen molar-refractivity contribution in [3.8, 4) is 0 Å². The first-order valence-electron chi connectivity index (χ1n) is 5.79. The number of carboxylic acid groups (broad SMARTS) is 1. The van der Waals surface area contributed by atoms with E-state index in [2.05, 4.69) is 0 Å². The first kappa shape index (κ1) is 14.9. The summed E-state index contributed by atoms with van der Waals surface area (Å²) in [5.41, 5.74) is 5.09. The number of hydrogen-bond acceptors (Lipinski definition) is 4. The van der Waals surface area contributed by atoms with Crippen molar-refractivity contribution in [1.29, 1.82) is 0 Å². The Labute approximate surface area is 106 Å². The zero-order valence-electron chi connectivity index (χ0n) is 10.0. The quantitative estimate of drug-likeness (QED) is 0.671. The van der Waals surface area contributed by atoms with Crippen molar-refractivity contribution in [2.75, 3.05) is 18.8 Å². The molecule has 1 fully saturated rings. The molecule has 0 spiro atoms. The molecule has 0 radical (unpaired) electrons. The van der Waals surface area contributed by atoms with Gasteiger partial charge in [-0.3, -0.25) is 9.59 Å². The molecule has 0 aromatic heterocycles. The Morgan fingerprint density at radius 3 is 2.28 bits per heavy atom. The minimum Gasteiger partial charge on any atom is -0.481 e. The zero-order valence-corrected chi connectivity index (χ0v) is 10.9. The summed E-state index contributed by atoms with van der Waals surface area (Å²) in [5, 5.41) is 8.48. The van der Waals surface area contributed by atoms with Crippen molar-refractivity contribution in [1.82, 2.24) is 4.31 Å². The largest absolute Gasteiger partial charge is 0.481 e. The molecule has 18 heavy (non-hydrogen) atoms. The summed E-state index contributed by atoms with van der Waals surface area (Å²) in [6.45, 7) is 0.666. The second-order valence-corrected chi connectivity index (χ2v) is 6.56. The summed E-state index contributed by atoms with van der Waals surface area (Å²) in [6.07, 6.45) is 1.08. The molecule has 1 saturated heterocycles. The van der Waals surface area contributed by atoms with E-state index >= 15 is 0 Å². The second kappa shape index (κ2) is 6.14. The number of carbonyl (C=O) groups excluding carboxylic acids is 1. The molecule has 1 heterocycles. The van der Waals surface area contributed by atoms with Crippen LogP contribution in [0.25, 0.3) is 0 Å². The fraction of sp³-hybridized carbons (Fsp3) is 0.800. The van der Waals surface area contributed by atoms with E-state index in [0.717, 1.165) is 0 Å². The van der Waals surface area contributed by atoms with Crippen LogP contribution in [-0.4, -0.2) is 48.5 Å². The highest BCUT2D eigenvalue weighted by Gasteiger charge is 2.28. The SMILES string of the molecule is NC(=O)CC1CCN(S(=O)(=O)CCC(=O)O)CC1. The number of sulfonamides is 1. The Balaban J connectivity index is 2.46. The van der Waals surface area contributed by atoms with Gasteiger partial charge in [-0.15, -0.1) is 0 Å². The highest BCUT2D eigenvalue weighted by atomic mass is 32.2. The normalized spacial score (nSPS) is 18.7. The van der Waals surface area contributed by atoms with Gasteiger partial charge in [0.1, 0.15) is 0 Å². The van der Waals surface area contributed by atoms with E-state index in [0.29, 0.717) is 25.9 Å². The van der Waals surface area contributed by atoms with E-state index in [4.69, 9.17) is 10.8 Å². The summed E-state index contributed by atoms with van der Waals surface area (Å²) in [7, 11) is -3.49.